The molecule has 3 heteroatoms. The van der Waals surface area contributed by atoms with Crippen LogP contribution in [-0.4, -0.2) is 11.9 Å². The number of aryl methyl sites for hydroxylation is 2. The van der Waals surface area contributed by atoms with Crippen molar-refractivity contribution < 1.29 is 4.79 Å². The molecule has 0 radical (unpaired) electrons. The summed E-state index contributed by atoms with van der Waals surface area (Å²) in [4.78, 5) is 11.2. The molecule has 0 bridgehead atoms. The quantitative estimate of drug-likeness (QED) is 0.908. The second kappa shape index (κ2) is 5.60. The van der Waals surface area contributed by atoms with E-state index >= 15 is 0 Å². The first-order valence-electron chi connectivity index (χ1n) is 7.37. The van der Waals surface area contributed by atoms with E-state index in [0.717, 1.165) is 30.5 Å². The van der Waals surface area contributed by atoms with Gasteiger partial charge in [0, 0.05) is 17.3 Å². The van der Waals surface area contributed by atoms with Gasteiger partial charge in [-0.05, 0) is 61.1 Å². The fraction of sp³-hybridized carbons (Fsp3) is 0.278. The summed E-state index contributed by atoms with van der Waals surface area (Å²) in [5, 5.41) is 3.60. The van der Waals surface area contributed by atoms with Gasteiger partial charge in [0.1, 0.15) is 0 Å². The number of hydrogen-bond donors (Lipinski definition) is 2. The maximum absolute atomic E-state index is 11.2. The number of amides is 1. The molecule has 3 N–H and O–H groups in total. The molecule has 0 heterocycles. The monoisotopic (exact) mass is 280 g/mol. The summed E-state index contributed by atoms with van der Waals surface area (Å²) in [5.41, 5.74) is 10.9. The van der Waals surface area contributed by atoms with Crippen molar-refractivity contribution in [2.75, 3.05) is 5.32 Å². The van der Waals surface area contributed by atoms with E-state index in [9.17, 15) is 4.79 Å². The van der Waals surface area contributed by atoms with E-state index in [1.54, 1.807) is 6.07 Å². The number of benzene rings is 2. The first-order valence-corrected chi connectivity index (χ1v) is 7.37. The van der Waals surface area contributed by atoms with Crippen molar-refractivity contribution >= 4 is 11.6 Å². The summed E-state index contributed by atoms with van der Waals surface area (Å²) in [6.07, 6.45) is 3.30. The van der Waals surface area contributed by atoms with Gasteiger partial charge in [0.15, 0.2) is 0 Å². The SMILES string of the molecule is Cc1cc(C(N)=O)ccc1NC1CCc2ccccc2C1. The van der Waals surface area contributed by atoms with E-state index < -0.39 is 0 Å². The van der Waals surface area contributed by atoms with Crippen LogP contribution in [0.15, 0.2) is 42.5 Å². The zero-order chi connectivity index (χ0) is 14.8. The molecule has 0 saturated carbocycles. The van der Waals surface area contributed by atoms with Crippen molar-refractivity contribution in [3.63, 3.8) is 0 Å². The van der Waals surface area contributed by atoms with Crippen LogP contribution in [0, 0.1) is 6.92 Å². The summed E-state index contributed by atoms with van der Waals surface area (Å²) in [6, 6.07) is 14.7. The lowest BCUT2D eigenvalue weighted by Gasteiger charge is -2.27. The Bertz CT molecular complexity index is 679. The Hall–Kier alpha value is -2.29. The maximum Gasteiger partial charge on any atom is 0.248 e. The minimum atomic E-state index is -0.378. The van der Waals surface area contributed by atoms with Gasteiger partial charge in [-0.2, -0.15) is 0 Å². The van der Waals surface area contributed by atoms with Gasteiger partial charge < -0.3 is 11.1 Å². The van der Waals surface area contributed by atoms with Crippen LogP contribution in [-0.2, 0) is 12.8 Å². The Balaban J connectivity index is 1.75. The standard InChI is InChI=1S/C18H20N2O/c1-12-10-15(18(19)21)7-9-17(12)20-16-8-6-13-4-2-3-5-14(13)11-16/h2-5,7,9-10,16,20H,6,8,11H2,1H3,(H2,19,21). The molecule has 2 aromatic carbocycles. The molecule has 0 aliphatic heterocycles. The number of carbonyl (C=O) groups is 1. The van der Waals surface area contributed by atoms with Gasteiger partial charge in [0.25, 0.3) is 0 Å². The highest BCUT2D eigenvalue weighted by Crippen LogP contribution is 2.25. The number of anilines is 1. The van der Waals surface area contributed by atoms with Gasteiger partial charge in [0.2, 0.25) is 5.91 Å². The van der Waals surface area contributed by atoms with Crippen LogP contribution in [0.4, 0.5) is 5.69 Å². The van der Waals surface area contributed by atoms with Crippen LogP contribution in [0.2, 0.25) is 0 Å². The molecule has 1 aliphatic rings. The van der Waals surface area contributed by atoms with Crippen LogP contribution in [0.1, 0.15) is 33.5 Å². The summed E-state index contributed by atoms with van der Waals surface area (Å²) in [5.74, 6) is -0.378. The van der Waals surface area contributed by atoms with E-state index in [1.807, 2.05) is 19.1 Å². The molecule has 108 valence electrons. The molecule has 1 atom stereocenters. The van der Waals surface area contributed by atoms with Gasteiger partial charge in [-0.1, -0.05) is 24.3 Å². The number of carbonyl (C=O) groups excluding carboxylic acids is 1. The van der Waals surface area contributed by atoms with Crippen molar-refractivity contribution in [3.05, 3.63) is 64.7 Å². The van der Waals surface area contributed by atoms with E-state index in [1.165, 1.54) is 11.1 Å². The zero-order valence-corrected chi connectivity index (χ0v) is 12.2. The predicted octanol–water partition coefficient (Wildman–Crippen LogP) is 3.06. The molecule has 3 rings (SSSR count). The average molecular weight is 280 g/mol. The largest absolute Gasteiger partial charge is 0.382 e. The number of hydrogen-bond acceptors (Lipinski definition) is 2. The van der Waals surface area contributed by atoms with Crippen LogP contribution >= 0.6 is 0 Å². The normalized spacial score (nSPS) is 17.1. The van der Waals surface area contributed by atoms with Crippen LogP contribution in [0.3, 0.4) is 0 Å². The smallest absolute Gasteiger partial charge is 0.248 e. The van der Waals surface area contributed by atoms with Crippen molar-refractivity contribution in [1.29, 1.82) is 0 Å². The third kappa shape index (κ3) is 2.92. The number of fused-ring (bicyclic) bond motifs is 1. The molecule has 3 nitrogen and oxygen atoms in total. The Labute approximate surface area is 125 Å². The van der Waals surface area contributed by atoms with Crippen LogP contribution in [0.5, 0.6) is 0 Å². The van der Waals surface area contributed by atoms with Crippen molar-refractivity contribution in [2.45, 2.75) is 32.2 Å². The molecule has 2 aromatic rings. The first-order chi connectivity index (χ1) is 10.1. The number of primary amides is 1. The van der Waals surface area contributed by atoms with E-state index in [-0.39, 0.29) is 5.91 Å². The minimum Gasteiger partial charge on any atom is -0.382 e. The number of nitrogens with two attached hydrogens (primary N) is 1. The third-order valence-electron chi connectivity index (χ3n) is 4.22. The highest BCUT2D eigenvalue weighted by atomic mass is 16.1. The van der Waals surface area contributed by atoms with Gasteiger partial charge in [-0.15, -0.1) is 0 Å². The second-order valence-corrected chi connectivity index (χ2v) is 5.75. The molecule has 0 spiro atoms. The Morgan fingerprint density at radius 1 is 1.19 bits per heavy atom. The lowest BCUT2D eigenvalue weighted by Crippen LogP contribution is -2.27. The molecule has 21 heavy (non-hydrogen) atoms. The molecule has 0 fully saturated rings. The van der Waals surface area contributed by atoms with E-state index in [0.29, 0.717) is 11.6 Å². The average Bonchev–Trinajstić information content (AvgIpc) is 2.49. The number of rotatable bonds is 3. The highest BCUT2D eigenvalue weighted by molar-refractivity contribution is 5.93. The van der Waals surface area contributed by atoms with Gasteiger partial charge in [0.05, 0.1) is 0 Å². The van der Waals surface area contributed by atoms with E-state index in [2.05, 4.69) is 29.6 Å². The number of nitrogens with one attached hydrogen (secondary N) is 1. The van der Waals surface area contributed by atoms with Gasteiger partial charge >= 0.3 is 0 Å². The lowest BCUT2D eigenvalue weighted by atomic mass is 9.88. The topological polar surface area (TPSA) is 55.1 Å². The maximum atomic E-state index is 11.2. The van der Waals surface area contributed by atoms with Crippen LogP contribution < -0.4 is 11.1 Å². The molecule has 0 saturated heterocycles. The third-order valence-corrected chi connectivity index (χ3v) is 4.22. The Morgan fingerprint density at radius 2 is 1.95 bits per heavy atom. The van der Waals surface area contributed by atoms with E-state index in [4.69, 9.17) is 5.73 Å². The molecule has 1 unspecified atom stereocenters. The molecule has 1 aliphatic carbocycles. The molecule has 0 aromatic heterocycles. The first kappa shape index (κ1) is 13.7. The summed E-state index contributed by atoms with van der Waals surface area (Å²) < 4.78 is 0. The highest BCUT2D eigenvalue weighted by Gasteiger charge is 2.18. The van der Waals surface area contributed by atoms with Crippen molar-refractivity contribution in [1.82, 2.24) is 0 Å². The Morgan fingerprint density at radius 3 is 2.67 bits per heavy atom. The summed E-state index contributed by atoms with van der Waals surface area (Å²) in [6.45, 7) is 2.01. The van der Waals surface area contributed by atoms with Gasteiger partial charge in [-0.25, -0.2) is 0 Å². The zero-order valence-electron chi connectivity index (χ0n) is 12.2. The predicted molar refractivity (Wildman–Crippen MR) is 85.6 cm³/mol. The fourth-order valence-corrected chi connectivity index (χ4v) is 3.02. The molecular formula is C18H20N2O. The Kier molecular flexibility index (Phi) is 3.65. The van der Waals surface area contributed by atoms with Crippen LogP contribution in [0.25, 0.3) is 0 Å². The second-order valence-electron chi connectivity index (χ2n) is 5.75. The summed E-state index contributed by atoms with van der Waals surface area (Å²) in [7, 11) is 0. The molecule has 1 amide bonds. The van der Waals surface area contributed by atoms with Gasteiger partial charge in [-0.3, -0.25) is 4.79 Å². The molecular weight excluding hydrogens is 260 g/mol. The lowest BCUT2D eigenvalue weighted by molar-refractivity contribution is 0.1000. The van der Waals surface area contributed by atoms with Crippen molar-refractivity contribution in [2.24, 2.45) is 5.73 Å². The summed E-state index contributed by atoms with van der Waals surface area (Å²) >= 11 is 0. The minimum absolute atomic E-state index is 0.378. The van der Waals surface area contributed by atoms with Crippen molar-refractivity contribution in [3.8, 4) is 0 Å². The fourth-order valence-electron chi connectivity index (χ4n) is 3.02.